The zero-order chi connectivity index (χ0) is 13.0. The first kappa shape index (κ1) is 14.4. The van der Waals surface area contributed by atoms with E-state index in [-0.39, 0.29) is 0 Å². The van der Waals surface area contributed by atoms with Gasteiger partial charge in [-0.15, -0.1) is 0 Å². The molecule has 0 spiro atoms. The first-order valence-electron chi connectivity index (χ1n) is 6.56. The van der Waals surface area contributed by atoms with Crippen LogP contribution >= 0.6 is 31.9 Å². The number of hydrogen-bond acceptors (Lipinski definition) is 2. The van der Waals surface area contributed by atoms with Crippen LogP contribution in [0, 0.1) is 0 Å². The predicted octanol–water partition coefficient (Wildman–Crippen LogP) is 4.50. The molecule has 1 atom stereocenters. The van der Waals surface area contributed by atoms with Gasteiger partial charge in [0.05, 0.1) is 0 Å². The minimum absolute atomic E-state index is 0.750. The van der Waals surface area contributed by atoms with Gasteiger partial charge < -0.3 is 10.2 Å². The first-order chi connectivity index (χ1) is 8.66. The van der Waals surface area contributed by atoms with Crippen molar-refractivity contribution in [1.29, 1.82) is 0 Å². The summed E-state index contributed by atoms with van der Waals surface area (Å²) in [7, 11) is 2.25. The molecule has 2 rings (SSSR count). The summed E-state index contributed by atoms with van der Waals surface area (Å²) in [6.45, 7) is 2.29. The number of rotatable bonds is 4. The van der Waals surface area contributed by atoms with Gasteiger partial charge in [0.15, 0.2) is 0 Å². The van der Waals surface area contributed by atoms with E-state index in [0.717, 1.165) is 21.5 Å². The highest BCUT2D eigenvalue weighted by atomic mass is 79.9. The van der Waals surface area contributed by atoms with Gasteiger partial charge in [0.25, 0.3) is 0 Å². The molecule has 2 nitrogen and oxygen atoms in total. The highest BCUT2D eigenvalue weighted by molar-refractivity contribution is 9.11. The molecular weight excluding hydrogens is 356 g/mol. The number of benzene rings is 1. The molecule has 0 bridgehead atoms. The lowest BCUT2D eigenvalue weighted by atomic mass is 10.0. The maximum atomic E-state index is 3.58. The van der Waals surface area contributed by atoms with E-state index < -0.39 is 0 Å². The van der Waals surface area contributed by atoms with Crippen LogP contribution in [0.15, 0.2) is 27.1 Å². The zero-order valence-corrected chi connectivity index (χ0v) is 13.9. The van der Waals surface area contributed by atoms with Gasteiger partial charge in [-0.05, 0) is 67.0 Å². The highest BCUT2D eigenvalue weighted by Crippen LogP contribution is 2.26. The van der Waals surface area contributed by atoms with Crippen molar-refractivity contribution >= 4 is 37.5 Å². The van der Waals surface area contributed by atoms with Crippen LogP contribution in [0.25, 0.3) is 0 Å². The van der Waals surface area contributed by atoms with Gasteiger partial charge in [0, 0.05) is 27.2 Å². The van der Waals surface area contributed by atoms with Crippen molar-refractivity contribution < 1.29 is 0 Å². The molecule has 1 fully saturated rings. The standard InChI is InChI=1S/C14H20Br2N2/c1-18-9-3-2-4-12(18)7-8-17-14-6-5-11(15)10-13(14)16/h5-6,10,12,17H,2-4,7-9H2,1H3. The van der Waals surface area contributed by atoms with Crippen LogP contribution < -0.4 is 5.32 Å². The van der Waals surface area contributed by atoms with Crippen molar-refractivity contribution in [3.8, 4) is 0 Å². The van der Waals surface area contributed by atoms with Gasteiger partial charge in [-0.25, -0.2) is 0 Å². The molecule has 0 radical (unpaired) electrons. The number of piperidine rings is 1. The molecule has 1 heterocycles. The monoisotopic (exact) mass is 374 g/mol. The van der Waals surface area contributed by atoms with E-state index in [2.05, 4.69) is 67.3 Å². The van der Waals surface area contributed by atoms with Crippen LogP contribution in [0.3, 0.4) is 0 Å². The van der Waals surface area contributed by atoms with E-state index in [1.807, 2.05) is 0 Å². The van der Waals surface area contributed by atoms with Crippen molar-refractivity contribution in [2.45, 2.75) is 31.7 Å². The molecule has 0 saturated carbocycles. The third-order valence-electron chi connectivity index (χ3n) is 3.65. The molecule has 4 heteroatoms. The fourth-order valence-corrected chi connectivity index (χ4v) is 3.70. The molecular formula is C14H20Br2N2. The Morgan fingerprint density at radius 1 is 1.33 bits per heavy atom. The third kappa shape index (κ3) is 3.97. The minimum atomic E-state index is 0.750. The Labute approximate surface area is 126 Å². The Bertz CT molecular complexity index is 395. The summed E-state index contributed by atoms with van der Waals surface area (Å²) in [5, 5.41) is 3.51. The van der Waals surface area contributed by atoms with Gasteiger partial charge in [0.2, 0.25) is 0 Å². The minimum Gasteiger partial charge on any atom is -0.384 e. The Morgan fingerprint density at radius 3 is 2.89 bits per heavy atom. The zero-order valence-electron chi connectivity index (χ0n) is 10.8. The van der Waals surface area contributed by atoms with Gasteiger partial charge in [0.1, 0.15) is 0 Å². The molecule has 1 aromatic rings. The van der Waals surface area contributed by atoms with Gasteiger partial charge in [-0.3, -0.25) is 0 Å². The second-order valence-electron chi connectivity index (χ2n) is 4.97. The van der Waals surface area contributed by atoms with Crippen LogP contribution in [0.1, 0.15) is 25.7 Å². The van der Waals surface area contributed by atoms with Crippen LogP contribution in [0.4, 0.5) is 5.69 Å². The average molecular weight is 376 g/mol. The maximum Gasteiger partial charge on any atom is 0.0485 e. The Kier molecular flexibility index (Phi) is 5.52. The molecule has 1 N–H and O–H groups in total. The molecule has 0 aromatic heterocycles. The third-order valence-corrected chi connectivity index (χ3v) is 4.79. The summed E-state index contributed by atoms with van der Waals surface area (Å²) in [6, 6.07) is 7.01. The van der Waals surface area contributed by atoms with Crippen molar-refractivity contribution in [3.05, 3.63) is 27.1 Å². The summed E-state index contributed by atoms with van der Waals surface area (Å²) in [5.74, 6) is 0. The summed E-state index contributed by atoms with van der Waals surface area (Å²) in [4.78, 5) is 2.50. The lowest BCUT2D eigenvalue weighted by molar-refractivity contribution is 0.179. The molecule has 1 aliphatic rings. The van der Waals surface area contributed by atoms with Crippen LogP contribution in [-0.4, -0.2) is 31.1 Å². The smallest absolute Gasteiger partial charge is 0.0485 e. The van der Waals surface area contributed by atoms with Crippen LogP contribution in [0.5, 0.6) is 0 Å². The summed E-state index contributed by atoms with van der Waals surface area (Å²) in [6.07, 6.45) is 5.31. The maximum absolute atomic E-state index is 3.58. The Balaban J connectivity index is 1.81. The van der Waals surface area contributed by atoms with Crippen molar-refractivity contribution in [2.24, 2.45) is 0 Å². The summed E-state index contributed by atoms with van der Waals surface area (Å²) >= 11 is 7.05. The van der Waals surface area contributed by atoms with Crippen LogP contribution in [-0.2, 0) is 0 Å². The highest BCUT2D eigenvalue weighted by Gasteiger charge is 2.18. The number of hydrogen-bond donors (Lipinski definition) is 1. The Morgan fingerprint density at radius 2 is 2.17 bits per heavy atom. The number of nitrogens with one attached hydrogen (secondary N) is 1. The predicted molar refractivity (Wildman–Crippen MR) is 85.2 cm³/mol. The second-order valence-corrected chi connectivity index (χ2v) is 6.74. The summed E-state index contributed by atoms with van der Waals surface area (Å²) in [5.41, 5.74) is 1.18. The van der Waals surface area contributed by atoms with Crippen molar-refractivity contribution in [3.63, 3.8) is 0 Å². The number of halogens is 2. The van der Waals surface area contributed by atoms with Gasteiger partial charge >= 0.3 is 0 Å². The van der Waals surface area contributed by atoms with E-state index in [1.165, 1.54) is 37.9 Å². The molecule has 1 aromatic carbocycles. The van der Waals surface area contributed by atoms with E-state index in [9.17, 15) is 0 Å². The SMILES string of the molecule is CN1CCCCC1CCNc1ccc(Br)cc1Br. The number of likely N-dealkylation sites (tertiary alicyclic amines) is 1. The normalized spacial score (nSPS) is 20.9. The number of anilines is 1. The molecule has 1 unspecified atom stereocenters. The fourth-order valence-electron chi connectivity index (χ4n) is 2.52. The average Bonchev–Trinajstić information content (AvgIpc) is 2.34. The molecule has 0 aliphatic carbocycles. The number of nitrogens with zero attached hydrogens (tertiary/aromatic N) is 1. The van der Waals surface area contributed by atoms with E-state index in [0.29, 0.717) is 0 Å². The first-order valence-corrected chi connectivity index (χ1v) is 8.14. The van der Waals surface area contributed by atoms with Crippen molar-refractivity contribution in [2.75, 3.05) is 25.5 Å². The van der Waals surface area contributed by atoms with Gasteiger partial charge in [-0.2, -0.15) is 0 Å². The lowest BCUT2D eigenvalue weighted by Crippen LogP contribution is -2.37. The quantitative estimate of drug-likeness (QED) is 0.833. The largest absolute Gasteiger partial charge is 0.384 e. The summed E-state index contributed by atoms with van der Waals surface area (Å²) < 4.78 is 2.22. The Hall–Kier alpha value is -0.0600. The van der Waals surface area contributed by atoms with Crippen molar-refractivity contribution in [1.82, 2.24) is 4.90 Å². The van der Waals surface area contributed by atoms with Gasteiger partial charge in [-0.1, -0.05) is 22.4 Å². The van der Waals surface area contributed by atoms with E-state index >= 15 is 0 Å². The molecule has 100 valence electrons. The molecule has 1 aliphatic heterocycles. The van der Waals surface area contributed by atoms with E-state index in [4.69, 9.17) is 0 Å². The molecule has 18 heavy (non-hydrogen) atoms. The molecule has 0 amide bonds. The fraction of sp³-hybridized carbons (Fsp3) is 0.571. The van der Waals surface area contributed by atoms with Crippen LogP contribution in [0.2, 0.25) is 0 Å². The van der Waals surface area contributed by atoms with E-state index in [1.54, 1.807) is 0 Å². The lowest BCUT2D eigenvalue weighted by Gasteiger charge is -2.32. The molecule has 1 saturated heterocycles. The second kappa shape index (κ2) is 6.92. The topological polar surface area (TPSA) is 15.3 Å².